The van der Waals surface area contributed by atoms with Gasteiger partial charge in [-0.25, -0.2) is 9.97 Å². The second-order valence-electron chi connectivity index (χ2n) is 3.24. The predicted molar refractivity (Wildman–Crippen MR) is 62.7 cm³/mol. The molecule has 0 aliphatic heterocycles. The summed E-state index contributed by atoms with van der Waals surface area (Å²) in [5, 5.41) is 12.3. The van der Waals surface area contributed by atoms with Gasteiger partial charge in [0.15, 0.2) is 0 Å². The van der Waals surface area contributed by atoms with E-state index in [1.807, 2.05) is 6.26 Å². The third-order valence-corrected chi connectivity index (χ3v) is 2.86. The minimum Gasteiger partial charge on any atom is -0.258 e. The average molecular weight is 235 g/mol. The van der Waals surface area contributed by atoms with E-state index in [9.17, 15) is 10.1 Å². The molecular weight excluding hydrogens is 226 g/mol. The maximum atomic E-state index is 10.6. The molecule has 0 saturated carbocycles. The van der Waals surface area contributed by atoms with Gasteiger partial charge in [-0.2, -0.15) is 0 Å². The van der Waals surface area contributed by atoms with Crippen molar-refractivity contribution >= 4 is 28.4 Å². The zero-order valence-corrected chi connectivity index (χ0v) is 9.61. The Morgan fingerprint density at radius 1 is 1.38 bits per heavy atom. The normalized spacial score (nSPS) is 10.6. The zero-order valence-electron chi connectivity index (χ0n) is 8.80. The van der Waals surface area contributed by atoms with E-state index < -0.39 is 4.92 Å². The number of rotatable bonds is 2. The Morgan fingerprint density at radius 2 is 2.12 bits per heavy atom. The quantitative estimate of drug-likeness (QED) is 0.346. The van der Waals surface area contributed by atoms with Gasteiger partial charge in [-0.05, 0) is 19.2 Å². The third kappa shape index (κ3) is 1.83. The van der Waals surface area contributed by atoms with Gasteiger partial charge in [-0.1, -0.05) is 0 Å². The van der Waals surface area contributed by atoms with Crippen LogP contribution in [-0.4, -0.2) is 21.1 Å². The Bertz CT molecular complexity index is 571. The van der Waals surface area contributed by atoms with Crippen LogP contribution in [0.4, 0.5) is 5.69 Å². The summed E-state index contributed by atoms with van der Waals surface area (Å²) in [6, 6.07) is 4.64. The van der Waals surface area contributed by atoms with Crippen LogP contribution in [0.2, 0.25) is 0 Å². The lowest BCUT2D eigenvalue weighted by atomic mass is 10.2. The molecule has 2 rings (SSSR count). The molecule has 2 aromatic rings. The van der Waals surface area contributed by atoms with Gasteiger partial charge in [0, 0.05) is 17.5 Å². The summed E-state index contributed by atoms with van der Waals surface area (Å²) in [6.07, 6.45) is 1.92. The number of aryl methyl sites for hydroxylation is 1. The maximum absolute atomic E-state index is 10.6. The molecule has 1 aromatic carbocycles. The third-order valence-electron chi connectivity index (χ3n) is 2.16. The van der Waals surface area contributed by atoms with Crippen molar-refractivity contribution in [1.29, 1.82) is 0 Å². The topological polar surface area (TPSA) is 68.9 Å². The van der Waals surface area contributed by atoms with Gasteiger partial charge < -0.3 is 0 Å². The molecule has 0 amide bonds. The van der Waals surface area contributed by atoms with E-state index in [0.717, 1.165) is 10.4 Å². The van der Waals surface area contributed by atoms with E-state index in [-0.39, 0.29) is 5.69 Å². The Labute approximate surface area is 96.1 Å². The van der Waals surface area contributed by atoms with Crippen LogP contribution >= 0.6 is 11.8 Å². The fourth-order valence-electron chi connectivity index (χ4n) is 1.47. The number of hydrogen-bond acceptors (Lipinski definition) is 5. The molecule has 0 fully saturated rings. The highest BCUT2D eigenvalue weighted by Crippen LogP contribution is 2.26. The summed E-state index contributed by atoms with van der Waals surface area (Å²) in [6.45, 7) is 1.78. The fourth-order valence-corrected chi connectivity index (χ4v) is 2.08. The zero-order chi connectivity index (χ0) is 11.7. The molecule has 0 unspecified atom stereocenters. The smallest absolute Gasteiger partial charge is 0.258 e. The number of benzene rings is 1. The van der Waals surface area contributed by atoms with Crippen LogP contribution in [0.25, 0.3) is 10.9 Å². The Morgan fingerprint density at radius 3 is 2.75 bits per heavy atom. The highest BCUT2D eigenvalue weighted by Gasteiger charge is 2.10. The lowest BCUT2D eigenvalue weighted by molar-refractivity contribution is -0.384. The molecule has 0 bridgehead atoms. The lowest BCUT2D eigenvalue weighted by Gasteiger charge is -2.03. The van der Waals surface area contributed by atoms with Crippen LogP contribution < -0.4 is 0 Å². The lowest BCUT2D eigenvalue weighted by Crippen LogP contribution is -1.94. The Balaban J connectivity index is 2.74. The average Bonchev–Trinajstić information content (AvgIpc) is 2.26. The number of non-ortho nitro benzene ring substituents is 1. The largest absolute Gasteiger partial charge is 0.271 e. The van der Waals surface area contributed by atoms with Crippen molar-refractivity contribution in [2.24, 2.45) is 0 Å². The van der Waals surface area contributed by atoms with Crippen LogP contribution in [0, 0.1) is 17.0 Å². The van der Waals surface area contributed by atoms with Crippen molar-refractivity contribution in [2.45, 2.75) is 11.9 Å². The maximum Gasteiger partial charge on any atom is 0.271 e. The molecule has 0 saturated heterocycles. The molecule has 1 heterocycles. The Kier molecular flexibility index (Phi) is 2.74. The van der Waals surface area contributed by atoms with Gasteiger partial charge in [0.1, 0.15) is 10.9 Å². The van der Waals surface area contributed by atoms with Crippen molar-refractivity contribution in [3.05, 3.63) is 34.1 Å². The summed E-state index contributed by atoms with van der Waals surface area (Å²) in [7, 11) is 0. The van der Waals surface area contributed by atoms with E-state index >= 15 is 0 Å². The van der Waals surface area contributed by atoms with E-state index in [2.05, 4.69) is 9.97 Å². The summed E-state index contributed by atoms with van der Waals surface area (Å²) in [4.78, 5) is 18.7. The van der Waals surface area contributed by atoms with Gasteiger partial charge in [0.2, 0.25) is 0 Å². The van der Waals surface area contributed by atoms with Gasteiger partial charge >= 0.3 is 0 Å². The van der Waals surface area contributed by atoms with Crippen molar-refractivity contribution in [3.63, 3.8) is 0 Å². The highest BCUT2D eigenvalue weighted by molar-refractivity contribution is 7.98. The van der Waals surface area contributed by atoms with E-state index in [1.165, 1.54) is 23.9 Å². The second kappa shape index (κ2) is 4.05. The molecule has 16 heavy (non-hydrogen) atoms. The van der Waals surface area contributed by atoms with Crippen molar-refractivity contribution in [3.8, 4) is 0 Å². The molecule has 6 heteroatoms. The van der Waals surface area contributed by atoms with Crippen LogP contribution in [0.5, 0.6) is 0 Å². The minimum atomic E-state index is -0.421. The summed E-state index contributed by atoms with van der Waals surface area (Å²) in [5.41, 5.74) is 0.670. The first-order valence-corrected chi connectivity index (χ1v) is 5.81. The summed E-state index contributed by atoms with van der Waals surface area (Å²) < 4.78 is 0. The summed E-state index contributed by atoms with van der Waals surface area (Å²) >= 11 is 1.51. The van der Waals surface area contributed by atoms with Crippen LogP contribution in [0.3, 0.4) is 0 Å². The number of aromatic nitrogens is 2. The van der Waals surface area contributed by atoms with Crippen LogP contribution in [-0.2, 0) is 0 Å². The SMILES string of the molecule is CSc1nc(C)nc2cc([N+](=O)[O-])ccc12. The van der Waals surface area contributed by atoms with Gasteiger partial charge in [0.25, 0.3) is 5.69 Å². The molecule has 0 atom stereocenters. The highest BCUT2D eigenvalue weighted by atomic mass is 32.2. The van der Waals surface area contributed by atoms with Gasteiger partial charge in [-0.3, -0.25) is 10.1 Å². The van der Waals surface area contributed by atoms with E-state index in [1.54, 1.807) is 13.0 Å². The minimum absolute atomic E-state index is 0.0534. The predicted octanol–water partition coefficient (Wildman–Crippen LogP) is 2.57. The first kappa shape index (κ1) is 10.8. The molecule has 0 aliphatic carbocycles. The molecule has 82 valence electrons. The number of thioether (sulfide) groups is 1. The molecular formula is C10H9N3O2S. The summed E-state index contributed by atoms with van der Waals surface area (Å²) in [5.74, 6) is 0.623. The standard InChI is InChI=1S/C10H9N3O2S/c1-6-11-9-5-7(13(14)15)3-4-8(9)10(12-6)16-2/h3-5H,1-2H3. The number of nitro groups is 1. The van der Waals surface area contributed by atoms with Crippen molar-refractivity contribution in [2.75, 3.05) is 6.26 Å². The molecule has 0 N–H and O–H groups in total. The van der Waals surface area contributed by atoms with Gasteiger partial charge in [0.05, 0.1) is 10.4 Å². The van der Waals surface area contributed by atoms with Crippen molar-refractivity contribution in [1.82, 2.24) is 9.97 Å². The molecule has 0 spiro atoms. The van der Waals surface area contributed by atoms with E-state index in [4.69, 9.17) is 0 Å². The van der Waals surface area contributed by atoms with Gasteiger partial charge in [-0.15, -0.1) is 11.8 Å². The number of nitro benzene ring substituents is 1. The fraction of sp³-hybridized carbons (Fsp3) is 0.200. The Hall–Kier alpha value is -1.69. The first-order valence-electron chi connectivity index (χ1n) is 4.58. The number of fused-ring (bicyclic) bond motifs is 1. The molecule has 5 nitrogen and oxygen atoms in total. The first-order chi connectivity index (χ1) is 7.61. The van der Waals surface area contributed by atoms with Crippen LogP contribution in [0.1, 0.15) is 5.82 Å². The van der Waals surface area contributed by atoms with Crippen LogP contribution in [0.15, 0.2) is 23.2 Å². The van der Waals surface area contributed by atoms with Crippen molar-refractivity contribution < 1.29 is 4.92 Å². The monoisotopic (exact) mass is 235 g/mol. The number of nitrogens with zero attached hydrogens (tertiary/aromatic N) is 3. The number of hydrogen-bond donors (Lipinski definition) is 0. The molecule has 0 aliphatic rings. The van der Waals surface area contributed by atoms with E-state index in [0.29, 0.717) is 11.3 Å². The second-order valence-corrected chi connectivity index (χ2v) is 4.03. The molecule has 0 radical (unpaired) electrons. The molecule has 1 aromatic heterocycles.